The van der Waals surface area contributed by atoms with Crippen molar-refractivity contribution in [2.75, 3.05) is 27.6 Å². The van der Waals surface area contributed by atoms with Crippen molar-refractivity contribution in [3.8, 4) is 0 Å². The van der Waals surface area contributed by atoms with E-state index in [-0.39, 0.29) is 60.0 Å². The second-order valence-electron chi connectivity index (χ2n) is 10.5. The maximum absolute atomic E-state index is 14.0. The maximum Gasteiger partial charge on any atom is 0.302 e. The SMILES string of the molecule is COCO[C@@H]1C[C@@](C)(COC(C)=O)C(=O)[C@H](C)C23CC[C@@H](C)[C@]1(C)C2[C@H](OC)CC3. The van der Waals surface area contributed by atoms with Crippen molar-refractivity contribution >= 4 is 11.8 Å². The van der Waals surface area contributed by atoms with E-state index in [0.717, 1.165) is 25.7 Å². The van der Waals surface area contributed by atoms with E-state index in [1.54, 1.807) is 14.2 Å². The monoisotopic (exact) mass is 424 g/mol. The number of rotatable bonds is 6. The van der Waals surface area contributed by atoms with Gasteiger partial charge >= 0.3 is 5.97 Å². The van der Waals surface area contributed by atoms with Crippen LogP contribution < -0.4 is 0 Å². The molecule has 0 saturated heterocycles. The molecule has 8 atom stereocenters. The summed E-state index contributed by atoms with van der Waals surface area (Å²) in [5.41, 5.74) is -1.06. The van der Waals surface area contributed by atoms with Crippen LogP contribution >= 0.6 is 0 Å². The molecule has 3 aliphatic rings. The molecule has 0 aliphatic heterocycles. The number of ether oxygens (including phenoxy) is 4. The molecule has 0 spiro atoms. The Kier molecular flexibility index (Phi) is 6.72. The van der Waals surface area contributed by atoms with Gasteiger partial charge in [0.2, 0.25) is 0 Å². The first-order valence-electron chi connectivity index (χ1n) is 11.4. The minimum Gasteiger partial charge on any atom is -0.465 e. The number of methoxy groups -OCH3 is 2. The Morgan fingerprint density at radius 3 is 2.40 bits per heavy atom. The van der Waals surface area contributed by atoms with Crippen LogP contribution in [0.5, 0.6) is 0 Å². The van der Waals surface area contributed by atoms with E-state index in [0.29, 0.717) is 12.3 Å². The van der Waals surface area contributed by atoms with Crippen LogP contribution in [-0.4, -0.2) is 51.6 Å². The van der Waals surface area contributed by atoms with Crippen LogP contribution in [-0.2, 0) is 28.5 Å². The molecule has 2 bridgehead atoms. The molecule has 0 aromatic heterocycles. The lowest BCUT2D eigenvalue weighted by atomic mass is 9.44. The van der Waals surface area contributed by atoms with E-state index in [1.165, 1.54) is 6.92 Å². The minimum atomic E-state index is -0.787. The van der Waals surface area contributed by atoms with Gasteiger partial charge in [-0.1, -0.05) is 20.8 Å². The van der Waals surface area contributed by atoms with Gasteiger partial charge in [-0.3, -0.25) is 9.59 Å². The predicted molar refractivity (Wildman–Crippen MR) is 113 cm³/mol. The summed E-state index contributed by atoms with van der Waals surface area (Å²) in [5.74, 6) is 0.389. The van der Waals surface area contributed by atoms with Crippen LogP contribution in [0, 0.1) is 34.0 Å². The van der Waals surface area contributed by atoms with Gasteiger partial charge in [0.05, 0.1) is 17.6 Å². The first-order valence-corrected chi connectivity index (χ1v) is 11.4. The molecule has 3 saturated carbocycles. The first-order chi connectivity index (χ1) is 14.1. The Labute approximate surface area is 181 Å². The summed E-state index contributed by atoms with van der Waals surface area (Å²) in [7, 11) is 3.42. The van der Waals surface area contributed by atoms with Gasteiger partial charge in [-0.2, -0.15) is 0 Å². The molecule has 0 aromatic carbocycles. The Morgan fingerprint density at radius 2 is 1.80 bits per heavy atom. The largest absolute Gasteiger partial charge is 0.465 e. The van der Waals surface area contributed by atoms with Crippen LogP contribution in [0.3, 0.4) is 0 Å². The number of ketones is 1. The molecule has 0 N–H and O–H groups in total. The maximum atomic E-state index is 14.0. The molecule has 30 heavy (non-hydrogen) atoms. The van der Waals surface area contributed by atoms with Crippen molar-refractivity contribution < 1.29 is 28.5 Å². The third-order valence-corrected chi connectivity index (χ3v) is 9.12. The molecule has 3 fully saturated rings. The van der Waals surface area contributed by atoms with Gasteiger partial charge < -0.3 is 18.9 Å². The van der Waals surface area contributed by atoms with Crippen molar-refractivity contribution in [1.82, 2.24) is 0 Å². The zero-order valence-electron chi connectivity index (χ0n) is 19.8. The topological polar surface area (TPSA) is 71.1 Å². The molecule has 0 radical (unpaired) electrons. The Hall–Kier alpha value is -0.980. The lowest BCUT2D eigenvalue weighted by molar-refractivity contribution is -0.222. The summed E-state index contributed by atoms with van der Waals surface area (Å²) in [5, 5.41) is 0. The number of carbonyl (C=O) groups excluding carboxylic acids is 2. The van der Waals surface area contributed by atoms with Crippen LogP contribution in [0.25, 0.3) is 0 Å². The van der Waals surface area contributed by atoms with Crippen LogP contribution in [0.15, 0.2) is 0 Å². The average molecular weight is 425 g/mol. The van der Waals surface area contributed by atoms with Crippen molar-refractivity contribution in [2.24, 2.45) is 34.0 Å². The van der Waals surface area contributed by atoms with Crippen molar-refractivity contribution in [3.05, 3.63) is 0 Å². The molecule has 0 aromatic rings. The van der Waals surface area contributed by atoms with E-state index in [9.17, 15) is 9.59 Å². The summed E-state index contributed by atoms with van der Waals surface area (Å²) in [6, 6.07) is 0. The molecular formula is C24H40O6. The molecule has 6 nitrogen and oxygen atoms in total. The van der Waals surface area contributed by atoms with E-state index >= 15 is 0 Å². The molecule has 0 amide bonds. The van der Waals surface area contributed by atoms with Gasteiger partial charge in [-0.25, -0.2) is 0 Å². The van der Waals surface area contributed by atoms with E-state index in [2.05, 4.69) is 20.8 Å². The third kappa shape index (κ3) is 3.53. The number of esters is 1. The fourth-order valence-corrected chi connectivity index (χ4v) is 7.27. The third-order valence-electron chi connectivity index (χ3n) is 9.12. The van der Waals surface area contributed by atoms with Crippen LogP contribution in [0.2, 0.25) is 0 Å². The summed E-state index contributed by atoms with van der Waals surface area (Å²) >= 11 is 0. The van der Waals surface area contributed by atoms with Gasteiger partial charge in [-0.05, 0) is 56.3 Å². The van der Waals surface area contributed by atoms with Crippen molar-refractivity contribution in [2.45, 2.75) is 78.9 Å². The predicted octanol–water partition coefficient (Wildman–Crippen LogP) is 4.00. The normalized spacial score (nSPS) is 46.1. The standard InChI is InChI=1S/C24H40O6/c1-15-8-10-24-11-9-18(28-7)20(24)23(15,5)19(30-14-27-6)12-22(4,13-29-17(3)25)21(26)16(24)2/h15-16,18-20H,8-14H2,1-7H3/t15-,16+,18-,19-,20?,22+,23+,24?/m1/s1. The highest BCUT2D eigenvalue weighted by atomic mass is 16.7. The Bertz CT molecular complexity index is 664. The molecule has 0 heterocycles. The highest BCUT2D eigenvalue weighted by Crippen LogP contribution is 2.68. The molecular weight excluding hydrogens is 384 g/mol. The van der Waals surface area contributed by atoms with E-state index in [4.69, 9.17) is 18.9 Å². The number of Topliss-reactive ketones (excluding diaryl/α,β-unsaturated/α-hetero) is 1. The second kappa shape index (κ2) is 8.51. The first kappa shape index (κ1) is 23.7. The zero-order valence-corrected chi connectivity index (χ0v) is 19.8. The Morgan fingerprint density at radius 1 is 1.13 bits per heavy atom. The number of carbonyl (C=O) groups is 2. The second-order valence-corrected chi connectivity index (χ2v) is 10.5. The number of hydrogen-bond donors (Lipinski definition) is 0. The average Bonchev–Trinajstić information content (AvgIpc) is 3.11. The molecule has 3 aliphatic carbocycles. The Balaban J connectivity index is 2.14. The molecule has 172 valence electrons. The van der Waals surface area contributed by atoms with Gasteiger partial charge in [0.1, 0.15) is 19.2 Å². The van der Waals surface area contributed by atoms with Crippen LogP contribution in [0.4, 0.5) is 0 Å². The lowest BCUT2D eigenvalue weighted by Gasteiger charge is -2.62. The van der Waals surface area contributed by atoms with Gasteiger partial charge in [0.25, 0.3) is 0 Å². The fraction of sp³-hybridized carbons (Fsp3) is 0.917. The zero-order chi connectivity index (χ0) is 22.3. The number of hydrogen-bond acceptors (Lipinski definition) is 6. The summed E-state index contributed by atoms with van der Waals surface area (Å²) in [4.78, 5) is 25.5. The molecule has 3 rings (SSSR count). The quantitative estimate of drug-likeness (QED) is 0.474. The van der Waals surface area contributed by atoms with Gasteiger partial charge in [0, 0.05) is 32.5 Å². The van der Waals surface area contributed by atoms with E-state index < -0.39 is 5.41 Å². The highest BCUT2D eigenvalue weighted by molar-refractivity contribution is 5.88. The summed E-state index contributed by atoms with van der Waals surface area (Å²) in [6.07, 6.45) is 4.52. The van der Waals surface area contributed by atoms with Crippen molar-refractivity contribution in [1.29, 1.82) is 0 Å². The lowest BCUT2D eigenvalue weighted by Crippen LogP contribution is -2.63. The fourth-order valence-electron chi connectivity index (χ4n) is 7.27. The smallest absolute Gasteiger partial charge is 0.302 e. The summed E-state index contributed by atoms with van der Waals surface area (Å²) in [6.45, 7) is 10.4. The summed E-state index contributed by atoms with van der Waals surface area (Å²) < 4.78 is 23.1. The van der Waals surface area contributed by atoms with E-state index in [1.807, 2.05) is 6.92 Å². The van der Waals surface area contributed by atoms with Crippen LogP contribution in [0.1, 0.15) is 66.7 Å². The van der Waals surface area contributed by atoms with Gasteiger partial charge in [0.15, 0.2) is 0 Å². The molecule has 2 unspecified atom stereocenters. The minimum absolute atomic E-state index is 0.0945. The molecule has 6 heteroatoms. The van der Waals surface area contributed by atoms with Gasteiger partial charge in [-0.15, -0.1) is 0 Å². The van der Waals surface area contributed by atoms with Crippen molar-refractivity contribution in [3.63, 3.8) is 0 Å². The highest BCUT2D eigenvalue weighted by Gasteiger charge is 2.68.